The van der Waals surface area contributed by atoms with Crippen LogP contribution in [0, 0.1) is 11.8 Å². The molecule has 0 aromatic carbocycles. The van der Waals surface area contributed by atoms with E-state index in [0.29, 0.717) is 49.3 Å². The minimum atomic E-state index is -0.373. The highest BCUT2D eigenvalue weighted by atomic mass is 32.2. The second-order valence-corrected chi connectivity index (χ2v) is 7.78. The Kier molecular flexibility index (Phi) is 4.15. The van der Waals surface area contributed by atoms with Gasteiger partial charge in [0.15, 0.2) is 5.17 Å². The van der Waals surface area contributed by atoms with E-state index in [0.717, 1.165) is 6.42 Å². The summed E-state index contributed by atoms with van der Waals surface area (Å²) in [5.41, 5.74) is 0. The van der Waals surface area contributed by atoms with E-state index in [1.807, 2.05) is 0 Å². The van der Waals surface area contributed by atoms with E-state index in [9.17, 15) is 9.59 Å². The van der Waals surface area contributed by atoms with Crippen molar-refractivity contribution in [1.29, 1.82) is 0 Å². The van der Waals surface area contributed by atoms with Gasteiger partial charge in [-0.3, -0.25) is 9.59 Å². The average Bonchev–Trinajstić information content (AvgIpc) is 3.25. The number of carbonyl (C=O) groups is 2. The Labute approximate surface area is 139 Å². The number of amides is 2. The monoisotopic (exact) mass is 335 g/mol. The zero-order chi connectivity index (χ0) is 15.8. The van der Waals surface area contributed by atoms with E-state index < -0.39 is 0 Å². The van der Waals surface area contributed by atoms with Crippen LogP contribution in [0.15, 0.2) is 17.1 Å². The maximum absolute atomic E-state index is 12.3. The molecule has 1 saturated heterocycles. The summed E-state index contributed by atoms with van der Waals surface area (Å²) in [7, 11) is 0. The van der Waals surface area contributed by atoms with Crippen molar-refractivity contribution in [2.75, 3.05) is 26.3 Å². The first-order valence-corrected chi connectivity index (χ1v) is 9.16. The van der Waals surface area contributed by atoms with Crippen LogP contribution < -0.4 is 5.32 Å². The first-order chi connectivity index (χ1) is 11.2. The molecule has 2 fully saturated rings. The Hall–Kier alpha value is -1.34. The molecular formula is C16H21N3O3S. The van der Waals surface area contributed by atoms with Gasteiger partial charge in [-0.15, -0.1) is 0 Å². The second kappa shape index (κ2) is 6.28. The van der Waals surface area contributed by atoms with Crippen LogP contribution in [0.4, 0.5) is 0 Å². The summed E-state index contributed by atoms with van der Waals surface area (Å²) in [6.07, 6.45) is 7.12. The molecule has 7 heteroatoms. The highest BCUT2D eigenvalue weighted by Gasteiger charge is 2.38. The molecule has 4 aliphatic rings. The second-order valence-electron chi connectivity index (χ2n) is 6.59. The number of thioether (sulfide) groups is 1. The molecule has 4 atom stereocenters. The van der Waals surface area contributed by atoms with Crippen LogP contribution in [-0.2, 0) is 14.3 Å². The lowest BCUT2D eigenvalue weighted by atomic mass is 10.0. The van der Waals surface area contributed by atoms with Crippen LogP contribution in [0.25, 0.3) is 0 Å². The predicted molar refractivity (Wildman–Crippen MR) is 88.1 cm³/mol. The van der Waals surface area contributed by atoms with Crippen molar-refractivity contribution in [3.63, 3.8) is 0 Å². The van der Waals surface area contributed by atoms with Gasteiger partial charge in [0.25, 0.3) is 5.91 Å². The third-order valence-electron chi connectivity index (χ3n) is 5.05. The predicted octanol–water partition coefficient (Wildman–Crippen LogP) is 0.788. The molecule has 4 rings (SSSR count). The van der Waals surface area contributed by atoms with E-state index in [2.05, 4.69) is 22.5 Å². The van der Waals surface area contributed by atoms with Crippen molar-refractivity contribution < 1.29 is 14.3 Å². The number of amidine groups is 1. The van der Waals surface area contributed by atoms with Crippen LogP contribution in [0.5, 0.6) is 0 Å². The number of hydrogen-bond acceptors (Lipinski definition) is 5. The van der Waals surface area contributed by atoms with Gasteiger partial charge >= 0.3 is 0 Å². The smallest absolute Gasteiger partial charge is 0.262 e. The average molecular weight is 335 g/mol. The van der Waals surface area contributed by atoms with Gasteiger partial charge in [-0.2, -0.15) is 4.99 Å². The van der Waals surface area contributed by atoms with Gasteiger partial charge in [0, 0.05) is 25.6 Å². The van der Waals surface area contributed by atoms with Crippen LogP contribution >= 0.6 is 11.8 Å². The third-order valence-corrected chi connectivity index (χ3v) is 6.14. The Bertz CT molecular complexity index is 571. The van der Waals surface area contributed by atoms with Crippen LogP contribution in [-0.4, -0.2) is 59.5 Å². The van der Waals surface area contributed by atoms with Gasteiger partial charge < -0.3 is 15.0 Å². The summed E-state index contributed by atoms with van der Waals surface area (Å²) in [5.74, 6) is 1.09. The van der Waals surface area contributed by atoms with Crippen molar-refractivity contribution in [2.45, 2.75) is 30.6 Å². The number of nitrogens with one attached hydrogen (secondary N) is 1. The standard InChI is InChI=1S/C16H21N3O3S/c20-14(19-3-5-22-6-4-19)9-13-15(21)18-16(23-13)17-12-8-10-1-2-11(12)7-10/h1-2,10-13H,3-9H2,(H,17,18,21). The summed E-state index contributed by atoms with van der Waals surface area (Å²) in [6, 6.07) is 0.387. The van der Waals surface area contributed by atoms with Crippen molar-refractivity contribution in [3.8, 4) is 0 Å². The van der Waals surface area contributed by atoms with Crippen LogP contribution in [0.2, 0.25) is 0 Å². The number of rotatable bonds is 3. The van der Waals surface area contributed by atoms with Crippen LogP contribution in [0.3, 0.4) is 0 Å². The molecule has 2 aliphatic carbocycles. The lowest BCUT2D eigenvalue weighted by Crippen LogP contribution is -2.42. The molecule has 1 N–H and O–H groups in total. The molecule has 4 unspecified atom stereocenters. The van der Waals surface area contributed by atoms with Gasteiger partial charge in [0.2, 0.25) is 5.91 Å². The molecule has 0 spiro atoms. The fraction of sp³-hybridized carbons (Fsp3) is 0.688. The third kappa shape index (κ3) is 3.17. The number of nitrogens with zero attached hydrogens (tertiary/aromatic N) is 2. The number of carbonyl (C=O) groups excluding carboxylic acids is 2. The minimum Gasteiger partial charge on any atom is -0.378 e. The van der Waals surface area contributed by atoms with Gasteiger partial charge in [-0.25, -0.2) is 0 Å². The number of fused-ring (bicyclic) bond motifs is 2. The molecule has 2 amide bonds. The number of hydrogen-bond donors (Lipinski definition) is 1. The first-order valence-electron chi connectivity index (χ1n) is 8.28. The normalized spacial score (nSPS) is 35.7. The van der Waals surface area contributed by atoms with Crippen LogP contribution in [0.1, 0.15) is 19.3 Å². The van der Waals surface area contributed by atoms with Crippen molar-refractivity contribution in [1.82, 2.24) is 10.2 Å². The Balaban J connectivity index is 1.30. The van der Waals surface area contributed by atoms with Crippen molar-refractivity contribution in [3.05, 3.63) is 12.2 Å². The fourth-order valence-electron chi connectivity index (χ4n) is 3.78. The molecule has 124 valence electrons. The number of ether oxygens (including phenoxy) is 1. The summed E-state index contributed by atoms with van der Waals surface area (Å²) < 4.78 is 5.25. The van der Waals surface area contributed by atoms with Crippen molar-refractivity contribution >= 4 is 28.7 Å². The summed E-state index contributed by atoms with van der Waals surface area (Å²) in [4.78, 5) is 30.3. The molecule has 0 radical (unpaired) electrons. The van der Waals surface area contributed by atoms with E-state index in [1.165, 1.54) is 18.2 Å². The lowest BCUT2D eigenvalue weighted by Gasteiger charge is -2.27. The maximum atomic E-state index is 12.3. The Morgan fingerprint density at radius 3 is 2.87 bits per heavy atom. The SMILES string of the molecule is O=C1N=C(NC2CC3C=CC2C3)SC1CC(=O)N1CCOCC1. The van der Waals surface area contributed by atoms with E-state index in [-0.39, 0.29) is 23.5 Å². The number of morpholine rings is 1. The molecule has 2 heterocycles. The minimum absolute atomic E-state index is 0.0263. The molecule has 2 bridgehead atoms. The quantitative estimate of drug-likeness (QED) is 0.772. The topological polar surface area (TPSA) is 71.0 Å². The molecule has 2 aliphatic heterocycles. The van der Waals surface area contributed by atoms with Gasteiger partial charge in [0.1, 0.15) is 5.25 Å². The summed E-state index contributed by atoms with van der Waals surface area (Å²) in [5, 5.41) is 3.74. The molecule has 23 heavy (non-hydrogen) atoms. The first kappa shape index (κ1) is 15.2. The number of aliphatic imine (C=N–C) groups is 1. The highest BCUT2D eigenvalue weighted by Crippen LogP contribution is 2.39. The molecular weight excluding hydrogens is 314 g/mol. The summed E-state index contributed by atoms with van der Waals surface area (Å²) >= 11 is 1.41. The molecule has 6 nitrogen and oxygen atoms in total. The zero-order valence-electron chi connectivity index (χ0n) is 12.9. The Morgan fingerprint density at radius 2 is 2.17 bits per heavy atom. The maximum Gasteiger partial charge on any atom is 0.262 e. The molecule has 1 saturated carbocycles. The summed E-state index contributed by atoms with van der Waals surface area (Å²) in [6.45, 7) is 2.40. The number of allylic oxidation sites excluding steroid dienone is 1. The van der Waals surface area contributed by atoms with Gasteiger partial charge in [-0.05, 0) is 24.7 Å². The molecule has 0 aromatic heterocycles. The highest BCUT2D eigenvalue weighted by molar-refractivity contribution is 8.15. The largest absolute Gasteiger partial charge is 0.378 e. The van der Waals surface area contributed by atoms with E-state index in [1.54, 1.807) is 4.90 Å². The molecule has 0 aromatic rings. The van der Waals surface area contributed by atoms with E-state index in [4.69, 9.17) is 4.74 Å². The van der Waals surface area contributed by atoms with Gasteiger partial charge in [0.05, 0.1) is 13.2 Å². The van der Waals surface area contributed by atoms with E-state index >= 15 is 0 Å². The van der Waals surface area contributed by atoms with Gasteiger partial charge in [-0.1, -0.05) is 23.9 Å². The lowest BCUT2D eigenvalue weighted by molar-refractivity contribution is -0.136. The Morgan fingerprint density at radius 1 is 1.35 bits per heavy atom. The zero-order valence-corrected chi connectivity index (χ0v) is 13.8. The van der Waals surface area contributed by atoms with Crippen molar-refractivity contribution in [2.24, 2.45) is 16.8 Å². The fourth-order valence-corrected chi connectivity index (χ4v) is 4.80.